The fourth-order valence-corrected chi connectivity index (χ4v) is 2.17. The monoisotopic (exact) mass is 273 g/mol. The molecule has 108 valence electrons. The number of aromatic nitrogens is 2. The van der Waals surface area contributed by atoms with Crippen LogP contribution in [0.5, 0.6) is 0 Å². The second-order valence-electron chi connectivity index (χ2n) is 6.03. The lowest BCUT2D eigenvalue weighted by molar-refractivity contribution is 0.0773. The van der Waals surface area contributed by atoms with Crippen LogP contribution in [0.4, 0.5) is 0 Å². The van der Waals surface area contributed by atoms with Gasteiger partial charge in [-0.05, 0) is 26.0 Å². The first kappa shape index (κ1) is 14.6. The summed E-state index contributed by atoms with van der Waals surface area (Å²) in [6, 6.07) is 3.73. The fraction of sp³-hybridized carbons (Fsp3) is 0.500. The highest BCUT2D eigenvalue weighted by Gasteiger charge is 2.19. The maximum atomic E-state index is 12.3. The molecular formula is C16H23N3O. The molecule has 0 aliphatic heterocycles. The van der Waals surface area contributed by atoms with E-state index < -0.39 is 0 Å². The second-order valence-corrected chi connectivity index (χ2v) is 6.03. The summed E-state index contributed by atoms with van der Waals surface area (Å²) in [6.07, 6.45) is 3.94. The van der Waals surface area contributed by atoms with Gasteiger partial charge in [0.15, 0.2) is 0 Å². The number of rotatable bonds is 3. The molecule has 0 saturated carbocycles. The number of carbonyl (C=O) groups is 1. The average Bonchev–Trinajstić information content (AvgIpc) is 2.82. The van der Waals surface area contributed by atoms with Gasteiger partial charge >= 0.3 is 0 Å². The third kappa shape index (κ3) is 2.69. The number of pyridine rings is 1. The third-order valence-electron chi connectivity index (χ3n) is 3.53. The van der Waals surface area contributed by atoms with Gasteiger partial charge in [-0.3, -0.25) is 4.79 Å². The van der Waals surface area contributed by atoms with E-state index in [1.165, 1.54) is 0 Å². The zero-order valence-corrected chi connectivity index (χ0v) is 13.0. The molecule has 0 aliphatic rings. The van der Waals surface area contributed by atoms with Crippen molar-refractivity contribution in [1.29, 1.82) is 0 Å². The molecule has 0 saturated heterocycles. The molecule has 4 nitrogen and oxygen atoms in total. The van der Waals surface area contributed by atoms with Crippen molar-refractivity contribution in [3.05, 3.63) is 35.8 Å². The van der Waals surface area contributed by atoms with Gasteiger partial charge in [-0.2, -0.15) is 0 Å². The Labute approximate surface area is 120 Å². The lowest BCUT2D eigenvalue weighted by Gasteiger charge is -2.18. The van der Waals surface area contributed by atoms with Crippen LogP contribution in [-0.4, -0.2) is 33.3 Å². The zero-order valence-electron chi connectivity index (χ0n) is 13.0. The van der Waals surface area contributed by atoms with E-state index in [9.17, 15) is 4.79 Å². The molecule has 4 heteroatoms. The molecule has 2 rings (SSSR count). The maximum absolute atomic E-state index is 12.3. The van der Waals surface area contributed by atoms with Crippen LogP contribution in [0.2, 0.25) is 0 Å². The smallest absolute Gasteiger partial charge is 0.254 e. The fourth-order valence-electron chi connectivity index (χ4n) is 2.17. The second kappa shape index (κ2) is 5.27. The number of amides is 1. The highest BCUT2D eigenvalue weighted by Crippen LogP contribution is 2.22. The molecule has 0 fully saturated rings. The van der Waals surface area contributed by atoms with Crippen LogP contribution in [0.1, 0.15) is 50.7 Å². The van der Waals surface area contributed by atoms with Crippen LogP contribution in [0, 0.1) is 0 Å². The van der Waals surface area contributed by atoms with Crippen LogP contribution in [0.25, 0.3) is 5.65 Å². The topological polar surface area (TPSA) is 37.6 Å². The third-order valence-corrected chi connectivity index (χ3v) is 3.53. The van der Waals surface area contributed by atoms with Gasteiger partial charge in [-0.1, -0.05) is 20.8 Å². The van der Waals surface area contributed by atoms with Gasteiger partial charge < -0.3 is 9.30 Å². The van der Waals surface area contributed by atoms with Crippen molar-refractivity contribution < 1.29 is 4.79 Å². The summed E-state index contributed by atoms with van der Waals surface area (Å²) in [5.41, 5.74) is 2.57. The van der Waals surface area contributed by atoms with Crippen molar-refractivity contribution in [3.63, 3.8) is 0 Å². The minimum Gasteiger partial charge on any atom is -0.339 e. The van der Waals surface area contributed by atoms with E-state index >= 15 is 0 Å². The van der Waals surface area contributed by atoms with Crippen LogP contribution in [0.3, 0.4) is 0 Å². The molecule has 0 atom stereocenters. The summed E-state index contributed by atoms with van der Waals surface area (Å²) in [5.74, 6) is 0.0674. The molecule has 0 unspecified atom stereocenters. The van der Waals surface area contributed by atoms with Gasteiger partial charge in [0.05, 0.1) is 5.69 Å². The SMILES string of the molecule is CCN(CC)C(=O)c1ccn2cc(C(C)(C)C)nc2c1. The summed E-state index contributed by atoms with van der Waals surface area (Å²) < 4.78 is 1.97. The molecule has 0 spiro atoms. The van der Waals surface area contributed by atoms with E-state index in [1.54, 1.807) is 0 Å². The minimum atomic E-state index is 0.00899. The van der Waals surface area contributed by atoms with E-state index in [4.69, 9.17) is 0 Å². The molecular weight excluding hydrogens is 250 g/mol. The van der Waals surface area contributed by atoms with Gasteiger partial charge in [-0.15, -0.1) is 0 Å². The molecule has 0 N–H and O–H groups in total. The molecule has 20 heavy (non-hydrogen) atoms. The van der Waals surface area contributed by atoms with Gasteiger partial charge in [0.25, 0.3) is 5.91 Å². The predicted molar refractivity (Wildman–Crippen MR) is 81.1 cm³/mol. The Bertz CT molecular complexity index is 618. The molecule has 2 aromatic rings. The van der Waals surface area contributed by atoms with Crippen molar-refractivity contribution in [2.75, 3.05) is 13.1 Å². The standard InChI is InChI=1S/C16H23N3O/c1-6-18(7-2)15(20)12-8-9-19-11-13(16(3,4)5)17-14(19)10-12/h8-11H,6-7H2,1-5H3. The molecule has 0 radical (unpaired) electrons. The Morgan fingerprint density at radius 3 is 2.50 bits per heavy atom. The Morgan fingerprint density at radius 2 is 1.95 bits per heavy atom. The van der Waals surface area contributed by atoms with E-state index in [1.807, 2.05) is 47.7 Å². The number of hydrogen-bond donors (Lipinski definition) is 0. The van der Waals surface area contributed by atoms with Crippen LogP contribution in [-0.2, 0) is 5.41 Å². The lowest BCUT2D eigenvalue weighted by Crippen LogP contribution is -2.30. The summed E-state index contributed by atoms with van der Waals surface area (Å²) in [4.78, 5) is 18.8. The van der Waals surface area contributed by atoms with Crippen molar-refractivity contribution in [2.45, 2.75) is 40.0 Å². The average molecular weight is 273 g/mol. The number of nitrogens with zero attached hydrogens (tertiary/aromatic N) is 3. The predicted octanol–water partition coefficient (Wildman–Crippen LogP) is 3.11. The minimum absolute atomic E-state index is 0.00899. The largest absolute Gasteiger partial charge is 0.339 e. The van der Waals surface area contributed by atoms with Gasteiger partial charge in [0.2, 0.25) is 0 Å². The van der Waals surface area contributed by atoms with Crippen LogP contribution < -0.4 is 0 Å². The van der Waals surface area contributed by atoms with Gasteiger partial charge in [0, 0.05) is 36.5 Å². The first-order valence-electron chi connectivity index (χ1n) is 7.15. The van der Waals surface area contributed by atoms with Crippen molar-refractivity contribution in [3.8, 4) is 0 Å². The highest BCUT2D eigenvalue weighted by molar-refractivity contribution is 5.95. The molecule has 2 aromatic heterocycles. The number of carbonyl (C=O) groups excluding carboxylic acids is 1. The lowest BCUT2D eigenvalue weighted by atomic mass is 9.93. The number of fused-ring (bicyclic) bond motifs is 1. The Kier molecular flexibility index (Phi) is 3.84. The molecule has 1 amide bonds. The van der Waals surface area contributed by atoms with Gasteiger partial charge in [0.1, 0.15) is 5.65 Å². The number of imidazole rings is 1. The number of hydrogen-bond acceptors (Lipinski definition) is 2. The summed E-state index contributed by atoms with van der Waals surface area (Å²) in [5, 5.41) is 0. The maximum Gasteiger partial charge on any atom is 0.254 e. The molecule has 0 bridgehead atoms. The Morgan fingerprint density at radius 1 is 1.30 bits per heavy atom. The summed E-state index contributed by atoms with van der Waals surface area (Å²) >= 11 is 0. The van der Waals surface area contributed by atoms with E-state index in [2.05, 4.69) is 25.8 Å². The van der Waals surface area contributed by atoms with Crippen molar-refractivity contribution in [2.24, 2.45) is 0 Å². The van der Waals surface area contributed by atoms with Crippen LogP contribution in [0.15, 0.2) is 24.5 Å². The van der Waals surface area contributed by atoms with E-state index in [-0.39, 0.29) is 11.3 Å². The van der Waals surface area contributed by atoms with E-state index in [0.717, 1.165) is 24.4 Å². The quantitative estimate of drug-likeness (QED) is 0.861. The molecule has 2 heterocycles. The highest BCUT2D eigenvalue weighted by atomic mass is 16.2. The Balaban J connectivity index is 2.41. The van der Waals surface area contributed by atoms with Crippen LogP contribution >= 0.6 is 0 Å². The van der Waals surface area contributed by atoms with E-state index in [0.29, 0.717) is 5.56 Å². The summed E-state index contributed by atoms with van der Waals surface area (Å²) in [6.45, 7) is 11.8. The summed E-state index contributed by atoms with van der Waals surface area (Å²) in [7, 11) is 0. The normalized spacial score (nSPS) is 11.8. The van der Waals surface area contributed by atoms with Crippen molar-refractivity contribution >= 4 is 11.6 Å². The van der Waals surface area contributed by atoms with Gasteiger partial charge in [-0.25, -0.2) is 4.98 Å². The first-order valence-corrected chi connectivity index (χ1v) is 7.15. The van der Waals surface area contributed by atoms with Crippen molar-refractivity contribution in [1.82, 2.24) is 14.3 Å². The zero-order chi connectivity index (χ0) is 14.9. The molecule has 0 aliphatic carbocycles. The molecule has 0 aromatic carbocycles. The first-order chi connectivity index (χ1) is 9.36. The Hall–Kier alpha value is -1.84.